The van der Waals surface area contributed by atoms with Crippen LogP contribution in [-0.4, -0.2) is 76.1 Å². The molecule has 0 unspecified atom stereocenters. The molecule has 2 aliphatic rings. The Hall–Kier alpha value is -3.89. The fourth-order valence-corrected chi connectivity index (χ4v) is 4.57. The largest absolute Gasteiger partial charge is 0.618 e. The number of hydrogen-bond donors (Lipinski definition) is 0. The van der Waals surface area contributed by atoms with E-state index in [-0.39, 0.29) is 5.91 Å². The van der Waals surface area contributed by atoms with E-state index in [0.717, 1.165) is 32.0 Å². The number of benzene rings is 2. The summed E-state index contributed by atoms with van der Waals surface area (Å²) in [5, 5.41) is 21.2. The molecule has 0 spiro atoms. The minimum absolute atomic E-state index is 0.0173. The summed E-state index contributed by atoms with van der Waals surface area (Å²) >= 11 is 0. The summed E-state index contributed by atoms with van der Waals surface area (Å²) in [6.45, 7) is 4.72. The first-order valence-corrected chi connectivity index (χ1v) is 11.5. The predicted octanol–water partition coefficient (Wildman–Crippen LogP) is 2.02. The molecule has 0 aliphatic carbocycles. The molecule has 4 aromatic rings. The van der Waals surface area contributed by atoms with Gasteiger partial charge in [-0.3, -0.25) is 9.69 Å². The lowest BCUT2D eigenvalue weighted by molar-refractivity contribution is -0.576. The molecule has 2 saturated heterocycles. The summed E-state index contributed by atoms with van der Waals surface area (Å²) in [6.07, 6.45) is 3.09. The van der Waals surface area contributed by atoms with Crippen molar-refractivity contribution in [3.63, 3.8) is 0 Å². The first kappa shape index (κ1) is 21.6. The molecule has 2 aromatic heterocycles. The molecule has 4 heterocycles. The molecule has 2 fully saturated rings. The van der Waals surface area contributed by atoms with Crippen LogP contribution in [0, 0.1) is 11.0 Å². The van der Waals surface area contributed by atoms with Crippen LogP contribution in [0.5, 0.6) is 0 Å². The second-order valence-corrected chi connectivity index (χ2v) is 8.87. The van der Waals surface area contributed by atoms with E-state index < -0.39 is 5.82 Å². The normalized spacial score (nSPS) is 17.0. The van der Waals surface area contributed by atoms with Crippen molar-refractivity contribution in [2.45, 2.75) is 6.04 Å². The molecular formula is C25H23FN6O3. The number of nitrogens with zero attached hydrogens (tertiary/aromatic N) is 6. The smallest absolute Gasteiger partial charge is 0.253 e. The average Bonchev–Trinajstić information content (AvgIpc) is 3.33. The Kier molecular flexibility index (Phi) is 5.39. The van der Waals surface area contributed by atoms with Gasteiger partial charge in [0.2, 0.25) is 5.52 Å². The number of rotatable bonds is 4. The van der Waals surface area contributed by atoms with Crippen molar-refractivity contribution in [2.24, 2.45) is 0 Å². The third kappa shape index (κ3) is 4.11. The zero-order valence-corrected chi connectivity index (χ0v) is 18.9. The topological polar surface area (TPSA) is 90.4 Å². The van der Waals surface area contributed by atoms with Crippen molar-refractivity contribution >= 4 is 16.8 Å². The van der Waals surface area contributed by atoms with Crippen LogP contribution in [0.3, 0.4) is 0 Å². The molecule has 2 aromatic carbocycles. The standard InChI is InChI=1S/C25H23FN6O3/c26-20-3-6-24-18(12-20)11-19(13-32(24)34)23-14-31(28-27-23)21-4-1-17(2-5-21)25(33)30-9-7-29(8-10-30)22-15-35-16-22/h1-6,11-14,22H,7-10,15-16H2. The lowest BCUT2D eigenvalue weighted by atomic mass is 10.1. The highest BCUT2D eigenvalue weighted by atomic mass is 19.1. The van der Waals surface area contributed by atoms with Crippen molar-refractivity contribution in [1.82, 2.24) is 24.8 Å². The summed E-state index contributed by atoms with van der Waals surface area (Å²) in [6, 6.07) is 13.4. The zero-order valence-electron chi connectivity index (χ0n) is 18.9. The lowest BCUT2D eigenvalue weighted by Gasteiger charge is -2.42. The van der Waals surface area contributed by atoms with Gasteiger partial charge in [-0.05, 0) is 42.5 Å². The van der Waals surface area contributed by atoms with Gasteiger partial charge in [-0.1, -0.05) is 5.21 Å². The second kappa shape index (κ2) is 8.71. The van der Waals surface area contributed by atoms with E-state index in [1.807, 2.05) is 17.0 Å². The van der Waals surface area contributed by atoms with Crippen LogP contribution in [0.25, 0.3) is 27.8 Å². The highest BCUT2D eigenvalue weighted by Crippen LogP contribution is 2.22. The third-order valence-corrected chi connectivity index (χ3v) is 6.70. The second-order valence-electron chi connectivity index (χ2n) is 8.87. The average molecular weight is 474 g/mol. The molecule has 35 heavy (non-hydrogen) atoms. The minimum atomic E-state index is -0.414. The van der Waals surface area contributed by atoms with Gasteiger partial charge in [0.15, 0.2) is 6.20 Å². The van der Waals surface area contributed by atoms with Gasteiger partial charge in [0.1, 0.15) is 11.5 Å². The molecule has 0 bridgehead atoms. The number of fused-ring (bicyclic) bond motifs is 1. The number of pyridine rings is 1. The number of carbonyl (C=O) groups excluding carboxylic acids is 1. The predicted molar refractivity (Wildman–Crippen MR) is 125 cm³/mol. The first-order chi connectivity index (χ1) is 17.0. The van der Waals surface area contributed by atoms with Gasteiger partial charge >= 0.3 is 0 Å². The SMILES string of the molecule is O=C(c1ccc(-n2cc(-c3cc4cc(F)ccc4[n+]([O-])c3)nn2)cc1)N1CCN(C2COC2)CC1. The molecule has 0 N–H and O–H groups in total. The molecule has 0 saturated carbocycles. The Balaban J connectivity index is 1.17. The Morgan fingerprint density at radius 1 is 1.06 bits per heavy atom. The summed E-state index contributed by atoms with van der Waals surface area (Å²) < 4.78 is 21.2. The highest BCUT2D eigenvalue weighted by Gasteiger charge is 2.30. The maximum atomic E-state index is 13.6. The van der Waals surface area contributed by atoms with Gasteiger partial charge in [-0.2, -0.15) is 4.73 Å². The van der Waals surface area contributed by atoms with Crippen LogP contribution in [0.15, 0.2) is 60.9 Å². The van der Waals surface area contributed by atoms with Gasteiger partial charge in [0.25, 0.3) is 5.91 Å². The number of aromatic nitrogens is 4. The molecular weight excluding hydrogens is 451 g/mol. The van der Waals surface area contributed by atoms with Gasteiger partial charge < -0.3 is 14.8 Å². The summed E-state index contributed by atoms with van der Waals surface area (Å²) in [5.41, 5.74) is 2.75. The number of carbonyl (C=O) groups is 1. The van der Waals surface area contributed by atoms with Crippen LogP contribution in [0.1, 0.15) is 10.4 Å². The van der Waals surface area contributed by atoms with Crippen molar-refractivity contribution < 1.29 is 18.7 Å². The fraction of sp³-hybridized carbons (Fsp3) is 0.280. The quantitative estimate of drug-likeness (QED) is 0.332. The third-order valence-electron chi connectivity index (χ3n) is 6.70. The van der Waals surface area contributed by atoms with E-state index in [4.69, 9.17) is 4.74 Å². The molecule has 9 nitrogen and oxygen atoms in total. The van der Waals surface area contributed by atoms with Crippen molar-refractivity contribution in [1.29, 1.82) is 0 Å². The molecule has 1 amide bonds. The van der Waals surface area contributed by atoms with E-state index in [1.54, 1.807) is 29.1 Å². The molecule has 178 valence electrons. The van der Waals surface area contributed by atoms with Crippen LogP contribution in [0.4, 0.5) is 4.39 Å². The number of hydrogen-bond acceptors (Lipinski definition) is 6. The number of amides is 1. The molecule has 6 rings (SSSR count). The number of piperazine rings is 1. The van der Waals surface area contributed by atoms with Crippen molar-refractivity contribution in [3.05, 3.63) is 77.5 Å². The van der Waals surface area contributed by atoms with Gasteiger partial charge in [0, 0.05) is 37.8 Å². The Bertz CT molecular complexity index is 1390. The molecule has 10 heteroatoms. The van der Waals surface area contributed by atoms with Crippen LogP contribution in [-0.2, 0) is 4.74 Å². The molecule has 0 radical (unpaired) electrons. The van der Waals surface area contributed by atoms with Gasteiger partial charge in [-0.15, -0.1) is 5.10 Å². The highest BCUT2D eigenvalue weighted by molar-refractivity contribution is 5.94. The van der Waals surface area contributed by atoms with Crippen molar-refractivity contribution in [3.8, 4) is 16.9 Å². The fourth-order valence-electron chi connectivity index (χ4n) is 4.57. The van der Waals surface area contributed by atoms with E-state index in [2.05, 4.69) is 15.2 Å². The number of halogens is 1. The number of ether oxygens (including phenoxy) is 1. The Morgan fingerprint density at radius 2 is 1.83 bits per heavy atom. The maximum absolute atomic E-state index is 13.6. The molecule has 0 atom stereocenters. The van der Waals surface area contributed by atoms with E-state index in [9.17, 15) is 14.4 Å². The minimum Gasteiger partial charge on any atom is -0.618 e. The van der Waals surface area contributed by atoms with E-state index >= 15 is 0 Å². The Labute approximate surface area is 200 Å². The summed E-state index contributed by atoms with van der Waals surface area (Å²) in [5.74, 6) is -0.397. The van der Waals surface area contributed by atoms with Gasteiger partial charge in [-0.25, -0.2) is 9.07 Å². The monoisotopic (exact) mass is 474 g/mol. The van der Waals surface area contributed by atoms with E-state index in [1.165, 1.54) is 24.4 Å². The van der Waals surface area contributed by atoms with Crippen LogP contribution in [0.2, 0.25) is 0 Å². The lowest BCUT2D eigenvalue weighted by Crippen LogP contribution is -2.57. The Morgan fingerprint density at radius 3 is 2.54 bits per heavy atom. The van der Waals surface area contributed by atoms with E-state index in [0.29, 0.717) is 51.6 Å². The van der Waals surface area contributed by atoms with Crippen molar-refractivity contribution in [2.75, 3.05) is 39.4 Å². The first-order valence-electron chi connectivity index (χ1n) is 11.5. The zero-order chi connectivity index (χ0) is 23.9. The van der Waals surface area contributed by atoms with Crippen LogP contribution < -0.4 is 4.73 Å². The summed E-state index contributed by atoms with van der Waals surface area (Å²) in [4.78, 5) is 17.2. The maximum Gasteiger partial charge on any atom is 0.253 e. The van der Waals surface area contributed by atoms with Crippen LogP contribution >= 0.6 is 0 Å². The van der Waals surface area contributed by atoms with Gasteiger partial charge in [0.05, 0.1) is 42.1 Å². The molecule has 2 aliphatic heterocycles. The summed E-state index contributed by atoms with van der Waals surface area (Å²) in [7, 11) is 0.